The van der Waals surface area contributed by atoms with Gasteiger partial charge in [-0.3, -0.25) is 4.79 Å². The van der Waals surface area contributed by atoms with Gasteiger partial charge in [0.25, 0.3) is 0 Å². The van der Waals surface area contributed by atoms with E-state index in [-0.39, 0.29) is 17.2 Å². The zero-order valence-corrected chi connectivity index (χ0v) is 14.5. The molecule has 1 atom stereocenters. The van der Waals surface area contributed by atoms with Crippen molar-refractivity contribution in [2.45, 2.75) is 25.2 Å². The molecule has 26 heavy (non-hydrogen) atoms. The van der Waals surface area contributed by atoms with Gasteiger partial charge in [0.2, 0.25) is 5.88 Å². The second kappa shape index (κ2) is 6.40. The number of hydrogen-bond acceptors (Lipinski definition) is 5. The monoisotopic (exact) mass is 366 g/mol. The van der Waals surface area contributed by atoms with Crippen LogP contribution in [0.2, 0.25) is 5.02 Å². The third-order valence-corrected chi connectivity index (χ3v) is 4.99. The molecule has 0 amide bonds. The summed E-state index contributed by atoms with van der Waals surface area (Å²) in [5.74, 6) is 0.934. The quantitative estimate of drug-likeness (QED) is 0.849. The summed E-state index contributed by atoms with van der Waals surface area (Å²) in [5.41, 5.74) is 7.35. The standard InChI is InChI=1S/C20H15ClN2O3/c21-13-5-2-1-4-11(13)15-8-9-17(25-15)18-12(10-22)20(23)26-16-7-3-6-14(24)19(16)18/h1-2,4-5,8-9,18H,3,6-7,23H2. The van der Waals surface area contributed by atoms with Crippen LogP contribution in [-0.2, 0) is 9.53 Å². The van der Waals surface area contributed by atoms with Gasteiger partial charge in [-0.1, -0.05) is 23.7 Å². The summed E-state index contributed by atoms with van der Waals surface area (Å²) in [5, 5.41) is 10.1. The van der Waals surface area contributed by atoms with Gasteiger partial charge in [-0.25, -0.2) is 0 Å². The first-order chi connectivity index (χ1) is 12.6. The Kier molecular flexibility index (Phi) is 4.06. The minimum atomic E-state index is -0.646. The Morgan fingerprint density at radius 1 is 1.19 bits per heavy atom. The molecular weight excluding hydrogens is 352 g/mol. The zero-order valence-electron chi connectivity index (χ0n) is 13.8. The van der Waals surface area contributed by atoms with E-state index < -0.39 is 5.92 Å². The van der Waals surface area contributed by atoms with E-state index in [9.17, 15) is 10.1 Å². The smallest absolute Gasteiger partial charge is 0.205 e. The van der Waals surface area contributed by atoms with Crippen LogP contribution in [0, 0.1) is 11.3 Å². The number of allylic oxidation sites excluding steroid dienone is 3. The van der Waals surface area contributed by atoms with Crippen LogP contribution in [0.3, 0.4) is 0 Å². The fraction of sp³-hybridized carbons (Fsp3) is 0.200. The lowest BCUT2D eigenvalue weighted by Crippen LogP contribution is -2.27. The SMILES string of the molecule is N#CC1=C(N)OC2=C(C(=O)CCC2)C1c1ccc(-c2ccccc2Cl)o1. The highest BCUT2D eigenvalue weighted by molar-refractivity contribution is 6.33. The number of carbonyl (C=O) groups excluding carboxylic acids is 1. The highest BCUT2D eigenvalue weighted by Crippen LogP contribution is 2.44. The van der Waals surface area contributed by atoms with Gasteiger partial charge in [-0.2, -0.15) is 5.26 Å². The maximum absolute atomic E-state index is 12.5. The van der Waals surface area contributed by atoms with E-state index in [2.05, 4.69) is 6.07 Å². The molecule has 130 valence electrons. The Hall–Kier alpha value is -2.97. The molecular formula is C20H15ClN2O3. The summed E-state index contributed by atoms with van der Waals surface area (Å²) in [6.45, 7) is 0. The van der Waals surface area contributed by atoms with E-state index in [1.807, 2.05) is 18.2 Å². The Balaban J connectivity index is 1.83. The molecule has 0 fully saturated rings. The topological polar surface area (TPSA) is 89.3 Å². The lowest BCUT2D eigenvalue weighted by atomic mass is 9.80. The summed E-state index contributed by atoms with van der Waals surface area (Å²) in [6.07, 6.45) is 1.76. The lowest BCUT2D eigenvalue weighted by molar-refractivity contribution is -0.116. The van der Waals surface area contributed by atoms with Crippen LogP contribution < -0.4 is 5.73 Å². The van der Waals surface area contributed by atoms with E-state index in [0.717, 1.165) is 5.56 Å². The maximum atomic E-state index is 12.5. The van der Waals surface area contributed by atoms with Crippen molar-refractivity contribution in [3.63, 3.8) is 0 Å². The number of hydrogen-bond donors (Lipinski definition) is 1. The second-order valence-electron chi connectivity index (χ2n) is 6.22. The van der Waals surface area contributed by atoms with Gasteiger partial charge in [0.05, 0.1) is 10.9 Å². The van der Waals surface area contributed by atoms with Gasteiger partial charge >= 0.3 is 0 Å². The number of ether oxygens (including phenoxy) is 1. The van der Waals surface area contributed by atoms with E-state index >= 15 is 0 Å². The highest BCUT2D eigenvalue weighted by Gasteiger charge is 2.39. The van der Waals surface area contributed by atoms with Gasteiger partial charge in [0.15, 0.2) is 5.78 Å². The molecule has 1 aromatic heterocycles. The number of nitrogens with zero attached hydrogens (tertiary/aromatic N) is 1. The van der Waals surface area contributed by atoms with Crippen LogP contribution in [0.4, 0.5) is 0 Å². The molecule has 1 unspecified atom stereocenters. The van der Waals surface area contributed by atoms with Crippen molar-refractivity contribution < 1.29 is 13.9 Å². The summed E-state index contributed by atoms with van der Waals surface area (Å²) in [4.78, 5) is 12.5. The molecule has 0 radical (unpaired) electrons. The van der Waals surface area contributed by atoms with Crippen molar-refractivity contribution in [3.05, 3.63) is 70.0 Å². The minimum Gasteiger partial charge on any atom is -0.460 e. The van der Waals surface area contributed by atoms with E-state index in [1.54, 1.807) is 18.2 Å². The van der Waals surface area contributed by atoms with Gasteiger partial charge in [-0.05, 0) is 30.7 Å². The number of furan rings is 1. The minimum absolute atomic E-state index is 0.0293. The van der Waals surface area contributed by atoms with Crippen LogP contribution in [0.1, 0.15) is 30.9 Å². The number of Topliss-reactive ketones (excluding diaryl/α,β-unsaturated/α-hetero) is 1. The van der Waals surface area contributed by atoms with Gasteiger partial charge < -0.3 is 14.9 Å². The molecule has 0 saturated carbocycles. The van der Waals surface area contributed by atoms with Crippen LogP contribution in [-0.4, -0.2) is 5.78 Å². The number of ketones is 1. The molecule has 0 spiro atoms. The average molecular weight is 367 g/mol. The molecule has 5 nitrogen and oxygen atoms in total. The fourth-order valence-electron chi connectivity index (χ4n) is 3.45. The predicted molar refractivity (Wildman–Crippen MR) is 95.7 cm³/mol. The van der Waals surface area contributed by atoms with Crippen LogP contribution >= 0.6 is 11.6 Å². The first-order valence-electron chi connectivity index (χ1n) is 8.28. The normalized spacial score (nSPS) is 19.8. The molecule has 1 aliphatic heterocycles. The molecule has 0 saturated heterocycles. The number of halogens is 1. The molecule has 2 heterocycles. The van der Waals surface area contributed by atoms with Crippen molar-refractivity contribution in [3.8, 4) is 17.4 Å². The summed E-state index contributed by atoms with van der Waals surface area (Å²) >= 11 is 6.24. The Bertz CT molecular complexity index is 1010. The predicted octanol–water partition coefficient (Wildman–Crippen LogP) is 4.41. The van der Waals surface area contributed by atoms with Gasteiger partial charge in [-0.15, -0.1) is 0 Å². The molecule has 4 rings (SSSR count). The summed E-state index contributed by atoms with van der Waals surface area (Å²) in [7, 11) is 0. The third kappa shape index (κ3) is 2.59. The van der Waals surface area contributed by atoms with Crippen molar-refractivity contribution >= 4 is 17.4 Å². The van der Waals surface area contributed by atoms with Crippen LogP contribution in [0.25, 0.3) is 11.3 Å². The molecule has 6 heteroatoms. The van der Waals surface area contributed by atoms with E-state index in [0.29, 0.717) is 47.1 Å². The van der Waals surface area contributed by atoms with Gasteiger partial charge in [0.1, 0.15) is 28.9 Å². The molecule has 0 bridgehead atoms. The zero-order chi connectivity index (χ0) is 18.3. The molecule has 2 aliphatic rings. The van der Waals surface area contributed by atoms with Crippen LogP contribution in [0.5, 0.6) is 0 Å². The average Bonchev–Trinajstić information content (AvgIpc) is 3.10. The maximum Gasteiger partial charge on any atom is 0.205 e. The third-order valence-electron chi connectivity index (χ3n) is 4.66. The number of nitriles is 1. The number of rotatable bonds is 2. The molecule has 2 aromatic rings. The first kappa shape index (κ1) is 16.5. The number of nitrogens with two attached hydrogens (primary N) is 1. The van der Waals surface area contributed by atoms with Crippen molar-refractivity contribution in [2.24, 2.45) is 5.73 Å². The lowest BCUT2D eigenvalue weighted by Gasteiger charge is -2.29. The van der Waals surface area contributed by atoms with Crippen molar-refractivity contribution in [1.29, 1.82) is 5.26 Å². The summed E-state index contributed by atoms with van der Waals surface area (Å²) < 4.78 is 11.6. The molecule has 1 aliphatic carbocycles. The van der Waals surface area contributed by atoms with E-state index in [4.69, 9.17) is 26.5 Å². The molecule has 1 aromatic carbocycles. The Morgan fingerprint density at radius 2 is 2.00 bits per heavy atom. The highest BCUT2D eigenvalue weighted by atomic mass is 35.5. The second-order valence-corrected chi connectivity index (χ2v) is 6.63. The molecule has 2 N–H and O–H groups in total. The fourth-order valence-corrected chi connectivity index (χ4v) is 3.68. The number of carbonyl (C=O) groups is 1. The summed E-state index contributed by atoms with van der Waals surface area (Å²) in [6, 6.07) is 12.9. The Labute approximate surface area is 155 Å². The van der Waals surface area contributed by atoms with E-state index in [1.165, 1.54) is 0 Å². The Morgan fingerprint density at radius 3 is 2.77 bits per heavy atom. The largest absolute Gasteiger partial charge is 0.460 e. The first-order valence-corrected chi connectivity index (χ1v) is 8.66. The van der Waals surface area contributed by atoms with Crippen LogP contribution in [0.15, 0.2) is 63.6 Å². The van der Waals surface area contributed by atoms with Crippen molar-refractivity contribution in [2.75, 3.05) is 0 Å². The van der Waals surface area contributed by atoms with Gasteiger partial charge in [0, 0.05) is 24.0 Å². The number of benzene rings is 1. The van der Waals surface area contributed by atoms with Crippen molar-refractivity contribution in [1.82, 2.24) is 0 Å².